The Morgan fingerprint density at radius 1 is 1.16 bits per heavy atom. The molecular weight excluding hydrogens is 236 g/mol. The van der Waals surface area contributed by atoms with Gasteiger partial charge in [0.05, 0.1) is 12.7 Å². The predicted octanol–water partition coefficient (Wildman–Crippen LogP) is 2.80. The van der Waals surface area contributed by atoms with Gasteiger partial charge in [0.25, 0.3) is 0 Å². The lowest BCUT2D eigenvalue weighted by atomic mass is 9.94. The van der Waals surface area contributed by atoms with Crippen LogP contribution in [0.1, 0.15) is 59.3 Å². The van der Waals surface area contributed by atoms with E-state index in [9.17, 15) is 0 Å². The van der Waals surface area contributed by atoms with Gasteiger partial charge in [-0.05, 0) is 20.3 Å². The van der Waals surface area contributed by atoms with Crippen LogP contribution in [0.15, 0.2) is 0 Å². The summed E-state index contributed by atoms with van der Waals surface area (Å²) in [6, 6.07) is 0.563. The van der Waals surface area contributed by atoms with Crippen molar-refractivity contribution >= 4 is 0 Å². The van der Waals surface area contributed by atoms with Crippen molar-refractivity contribution in [3.8, 4) is 0 Å². The van der Waals surface area contributed by atoms with E-state index in [4.69, 9.17) is 4.74 Å². The number of morpholine rings is 1. The highest BCUT2D eigenvalue weighted by Crippen LogP contribution is 2.28. The zero-order valence-electron chi connectivity index (χ0n) is 13.1. The number of likely N-dealkylation sites (tertiary alicyclic amines) is 1. The number of nitrogens with zero attached hydrogens (tertiary/aromatic N) is 1. The number of nitrogens with one attached hydrogen (secondary N) is 1. The molecule has 0 aromatic rings. The third kappa shape index (κ3) is 4.17. The molecule has 3 heteroatoms. The smallest absolute Gasteiger partial charge is 0.0867 e. The Morgan fingerprint density at radius 2 is 1.95 bits per heavy atom. The van der Waals surface area contributed by atoms with Crippen molar-refractivity contribution in [2.75, 3.05) is 26.2 Å². The first kappa shape index (κ1) is 15.3. The van der Waals surface area contributed by atoms with Crippen LogP contribution in [0.2, 0.25) is 0 Å². The molecule has 2 heterocycles. The van der Waals surface area contributed by atoms with Crippen LogP contribution in [-0.2, 0) is 4.74 Å². The minimum atomic E-state index is 0.328. The highest BCUT2D eigenvalue weighted by atomic mass is 16.5. The molecule has 0 aromatic carbocycles. The molecule has 0 spiro atoms. The van der Waals surface area contributed by atoms with Gasteiger partial charge in [-0.15, -0.1) is 0 Å². The topological polar surface area (TPSA) is 24.5 Å². The average molecular weight is 268 g/mol. The van der Waals surface area contributed by atoms with E-state index in [1.807, 2.05) is 0 Å². The summed E-state index contributed by atoms with van der Waals surface area (Å²) in [4.78, 5) is 2.64. The van der Waals surface area contributed by atoms with Gasteiger partial charge >= 0.3 is 0 Å². The van der Waals surface area contributed by atoms with E-state index in [0.717, 1.165) is 26.2 Å². The summed E-state index contributed by atoms with van der Waals surface area (Å²) in [5, 5.41) is 3.60. The molecular formula is C16H32N2O. The van der Waals surface area contributed by atoms with E-state index in [1.165, 1.54) is 38.5 Å². The Balaban J connectivity index is 1.73. The first-order valence-electron chi connectivity index (χ1n) is 8.23. The van der Waals surface area contributed by atoms with Crippen LogP contribution in [0.25, 0.3) is 0 Å². The van der Waals surface area contributed by atoms with Crippen LogP contribution in [0.5, 0.6) is 0 Å². The Hall–Kier alpha value is -0.120. The normalized spacial score (nSPS) is 28.6. The molecule has 2 atom stereocenters. The Labute approximate surface area is 119 Å². The van der Waals surface area contributed by atoms with Crippen molar-refractivity contribution in [2.45, 2.75) is 77.0 Å². The fourth-order valence-electron chi connectivity index (χ4n) is 3.41. The van der Waals surface area contributed by atoms with Gasteiger partial charge in [0, 0.05) is 31.2 Å². The third-order valence-electron chi connectivity index (χ3n) is 4.85. The quantitative estimate of drug-likeness (QED) is 0.719. The highest BCUT2D eigenvalue weighted by molar-refractivity contribution is 4.97. The first-order valence-corrected chi connectivity index (χ1v) is 8.23. The van der Waals surface area contributed by atoms with Gasteiger partial charge in [0.15, 0.2) is 0 Å². The molecule has 0 bridgehead atoms. The Bertz CT molecular complexity index is 253. The van der Waals surface area contributed by atoms with E-state index in [-0.39, 0.29) is 0 Å². The molecule has 3 nitrogen and oxygen atoms in total. The van der Waals surface area contributed by atoms with Crippen molar-refractivity contribution in [1.29, 1.82) is 0 Å². The second-order valence-corrected chi connectivity index (χ2v) is 6.85. The van der Waals surface area contributed by atoms with Crippen LogP contribution in [-0.4, -0.2) is 48.8 Å². The van der Waals surface area contributed by atoms with E-state index in [2.05, 4.69) is 31.0 Å². The van der Waals surface area contributed by atoms with Gasteiger partial charge in [-0.3, -0.25) is 4.90 Å². The lowest BCUT2D eigenvalue weighted by molar-refractivity contribution is 0.0132. The van der Waals surface area contributed by atoms with Crippen LogP contribution in [0.4, 0.5) is 0 Å². The fraction of sp³-hybridized carbons (Fsp3) is 1.00. The number of fused-ring (bicyclic) bond motifs is 1. The summed E-state index contributed by atoms with van der Waals surface area (Å²) >= 11 is 0. The number of rotatable bonds is 7. The van der Waals surface area contributed by atoms with Crippen molar-refractivity contribution in [2.24, 2.45) is 0 Å². The van der Waals surface area contributed by atoms with Crippen molar-refractivity contribution in [1.82, 2.24) is 10.2 Å². The Kier molecular flexibility index (Phi) is 5.67. The second kappa shape index (κ2) is 7.05. The van der Waals surface area contributed by atoms with E-state index >= 15 is 0 Å². The molecule has 0 radical (unpaired) electrons. The van der Waals surface area contributed by atoms with Gasteiger partial charge in [0.2, 0.25) is 0 Å². The van der Waals surface area contributed by atoms with Crippen LogP contribution in [0.3, 0.4) is 0 Å². The molecule has 0 aromatic heterocycles. The molecule has 2 aliphatic rings. The molecule has 0 aliphatic carbocycles. The molecule has 1 N–H and O–H groups in total. The third-order valence-corrected chi connectivity index (χ3v) is 4.85. The number of hydrogen-bond donors (Lipinski definition) is 1. The molecule has 0 amide bonds. The van der Waals surface area contributed by atoms with Crippen molar-refractivity contribution in [3.63, 3.8) is 0 Å². The lowest BCUT2D eigenvalue weighted by Gasteiger charge is -2.35. The van der Waals surface area contributed by atoms with E-state index < -0.39 is 0 Å². The molecule has 2 rings (SSSR count). The van der Waals surface area contributed by atoms with Crippen molar-refractivity contribution in [3.05, 3.63) is 0 Å². The lowest BCUT2D eigenvalue weighted by Crippen LogP contribution is -2.47. The standard InChI is InChI=1S/C16H32N2O/c1-4-5-6-7-8-9-16(2,3)18-12-14-15(13-18)19-11-10-17-14/h14-15,17H,4-13H2,1-3H3/t14-,15?/m0/s1. The average Bonchev–Trinajstić information content (AvgIpc) is 2.83. The summed E-state index contributed by atoms with van der Waals surface area (Å²) < 4.78 is 5.88. The van der Waals surface area contributed by atoms with Gasteiger partial charge in [-0.25, -0.2) is 0 Å². The van der Waals surface area contributed by atoms with Crippen LogP contribution >= 0.6 is 0 Å². The number of unbranched alkanes of at least 4 members (excludes halogenated alkanes) is 4. The SMILES string of the molecule is CCCCCCCC(C)(C)N1CC2OCCN[C@H]2C1. The summed E-state index contributed by atoms with van der Waals surface area (Å²) in [6.07, 6.45) is 8.64. The maximum absolute atomic E-state index is 5.88. The fourth-order valence-corrected chi connectivity index (χ4v) is 3.41. The zero-order valence-corrected chi connectivity index (χ0v) is 13.1. The number of hydrogen-bond acceptors (Lipinski definition) is 3. The van der Waals surface area contributed by atoms with E-state index in [0.29, 0.717) is 17.7 Å². The Morgan fingerprint density at radius 3 is 2.68 bits per heavy atom. The molecule has 0 saturated carbocycles. The minimum absolute atomic E-state index is 0.328. The largest absolute Gasteiger partial charge is 0.374 e. The molecule has 2 fully saturated rings. The number of ether oxygens (including phenoxy) is 1. The molecule has 19 heavy (non-hydrogen) atoms. The molecule has 2 saturated heterocycles. The van der Waals surface area contributed by atoms with Gasteiger partial charge in [0.1, 0.15) is 0 Å². The monoisotopic (exact) mass is 268 g/mol. The van der Waals surface area contributed by atoms with Crippen LogP contribution in [0, 0.1) is 0 Å². The summed E-state index contributed by atoms with van der Waals surface area (Å²) in [6.45, 7) is 11.3. The first-order chi connectivity index (χ1) is 9.13. The highest BCUT2D eigenvalue weighted by Gasteiger charge is 2.40. The zero-order chi connectivity index (χ0) is 13.7. The van der Waals surface area contributed by atoms with E-state index in [1.54, 1.807) is 0 Å². The molecule has 112 valence electrons. The predicted molar refractivity (Wildman–Crippen MR) is 80.6 cm³/mol. The molecule has 1 unspecified atom stereocenters. The van der Waals surface area contributed by atoms with Crippen molar-refractivity contribution < 1.29 is 4.74 Å². The summed E-state index contributed by atoms with van der Waals surface area (Å²) in [5.41, 5.74) is 0.328. The summed E-state index contributed by atoms with van der Waals surface area (Å²) in [5.74, 6) is 0. The maximum Gasteiger partial charge on any atom is 0.0867 e. The van der Waals surface area contributed by atoms with Gasteiger partial charge in [-0.2, -0.15) is 0 Å². The van der Waals surface area contributed by atoms with Gasteiger partial charge in [-0.1, -0.05) is 39.0 Å². The minimum Gasteiger partial charge on any atom is -0.374 e. The summed E-state index contributed by atoms with van der Waals surface area (Å²) in [7, 11) is 0. The maximum atomic E-state index is 5.88. The van der Waals surface area contributed by atoms with Gasteiger partial charge < -0.3 is 10.1 Å². The molecule has 2 aliphatic heterocycles. The second-order valence-electron chi connectivity index (χ2n) is 6.85. The van der Waals surface area contributed by atoms with Crippen LogP contribution < -0.4 is 5.32 Å².